The molecule has 0 saturated carbocycles. The lowest BCUT2D eigenvalue weighted by molar-refractivity contribution is 0.0945. The fourth-order valence-electron chi connectivity index (χ4n) is 1.18. The summed E-state index contributed by atoms with van der Waals surface area (Å²) in [5.74, 6) is 0. The van der Waals surface area contributed by atoms with Crippen molar-refractivity contribution in [1.82, 2.24) is 0 Å². The monoisotopic (exact) mass is 268 g/mol. The molecule has 0 aliphatic carbocycles. The Hall–Kier alpha value is -0.170. The first-order valence-electron chi connectivity index (χ1n) is 6.06. The standard InChI is InChI=1S/C11H24O5S/c1-3-7-14-8-5-4-6-9-15-10-11-16-17(2,12)13/h3-11H2,1-2H3. The summed E-state index contributed by atoms with van der Waals surface area (Å²) in [6.45, 7) is 4.79. The molecule has 0 unspecified atom stereocenters. The van der Waals surface area contributed by atoms with Gasteiger partial charge in [0, 0.05) is 19.8 Å². The molecule has 0 spiro atoms. The second kappa shape index (κ2) is 11.0. The van der Waals surface area contributed by atoms with Gasteiger partial charge in [-0.3, -0.25) is 4.18 Å². The molecule has 104 valence electrons. The molecule has 0 aliphatic heterocycles. The Morgan fingerprint density at radius 2 is 1.41 bits per heavy atom. The first kappa shape index (κ1) is 16.8. The normalized spacial score (nSPS) is 11.9. The summed E-state index contributed by atoms with van der Waals surface area (Å²) in [6, 6.07) is 0. The van der Waals surface area contributed by atoms with E-state index in [-0.39, 0.29) is 6.61 Å². The molecule has 0 aliphatic rings. The van der Waals surface area contributed by atoms with E-state index in [0.29, 0.717) is 13.2 Å². The Kier molecular flexibility index (Phi) is 10.8. The maximum Gasteiger partial charge on any atom is 0.264 e. The largest absolute Gasteiger partial charge is 0.381 e. The fraction of sp³-hybridized carbons (Fsp3) is 1.00. The van der Waals surface area contributed by atoms with Crippen molar-refractivity contribution in [1.29, 1.82) is 0 Å². The average molecular weight is 268 g/mol. The molecule has 0 atom stereocenters. The zero-order chi connectivity index (χ0) is 13.0. The van der Waals surface area contributed by atoms with Crippen LogP contribution in [0.2, 0.25) is 0 Å². The lowest BCUT2D eigenvalue weighted by Crippen LogP contribution is -2.10. The zero-order valence-corrected chi connectivity index (χ0v) is 11.6. The molecular formula is C11H24O5S. The summed E-state index contributed by atoms with van der Waals surface area (Å²) in [4.78, 5) is 0. The van der Waals surface area contributed by atoms with Crippen molar-refractivity contribution in [2.45, 2.75) is 32.6 Å². The molecule has 0 saturated heterocycles. The van der Waals surface area contributed by atoms with Crippen molar-refractivity contribution in [3.05, 3.63) is 0 Å². The van der Waals surface area contributed by atoms with Gasteiger partial charge < -0.3 is 9.47 Å². The van der Waals surface area contributed by atoms with Gasteiger partial charge in [-0.25, -0.2) is 0 Å². The Morgan fingerprint density at radius 3 is 1.94 bits per heavy atom. The van der Waals surface area contributed by atoms with Crippen LogP contribution in [0.1, 0.15) is 32.6 Å². The second-order valence-corrected chi connectivity index (χ2v) is 5.46. The molecular weight excluding hydrogens is 244 g/mol. The van der Waals surface area contributed by atoms with Gasteiger partial charge in [0.15, 0.2) is 0 Å². The predicted octanol–water partition coefficient (Wildman–Crippen LogP) is 1.58. The van der Waals surface area contributed by atoms with Crippen LogP contribution < -0.4 is 0 Å². The summed E-state index contributed by atoms with van der Waals surface area (Å²) in [5, 5.41) is 0. The van der Waals surface area contributed by atoms with Crippen LogP contribution in [-0.4, -0.2) is 47.7 Å². The Morgan fingerprint density at radius 1 is 0.824 bits per heavy atom. The first-order chi connectivity index (χ1) is 8.06. The Balaban J connectivity index is 3.04. The van der Waals surface area contributed by atoms with Gasteiger partial charge >= 0.3 is 0 Å². The van der Waals surface area contributed by atoms with Gasteiger partial charge in [-0.05, 0) is 25.7 Å². The van der Waals surface area contributed by atoms with Crippen LogP contribution in [0.3, 0.4) is 0 Å². The number of hydrogen-bond donors (Lipinski definition) is 0. The van der Waals surface area contributed by atoms with Crippen molar-refractivity contribution in [3.63, 3.8) is 0 Å². The minimum atomic E-state index is -3.33. The van der Waals surface area contributed by atoms with Gasteiger partial charge in [-0.15, -0.1) is 0 Å². The number of hydrogen-bond acceptors (Lipinski definition) is 5. The lowest BCUT2D eigenvalue weighted by Gasteiger charge is -2.04. The van der Waals surface area contributed by atoms with Gasteiger partial charge in [-0.1, -0.05) is 6.92 Å². The van der Waals surface area contributed by atoms with Gasteiger partial charge in [0.05, 0.1) is 19.5 Å². The van der Waals surface area contributed by atoms with Gasteiger partial charge in [0.2, 0.25) is 0 Å². The molecule has 0 radical (unpaired) electrons. The third kappa shape index (κ3) is 15.8. The van der Waals surface area contributed by atoms with E-state index in [0.717, 1.165) is 45.2 Å². The number of unbranched alkanes of at least 4 members (excludes halogenated alkanes) is 2. The van der Waals surface area contributed by atoms with Crippen LogP contribution in [0, 0.1) is 0 Å². The molecule has 6 heteroatoms. The highest BCUT2D eigenvalue weighted by Crippen LogP contribution is 1.97. The highest BCUT2D eigenvalue weighted by Gasteiger charge is 2.00. The van der Waals surface area contributed by atoms with Gasteiger partial charge in [0.25, 0.3) is 10.1 Å². The van der Waals surface area contributed by atoms with Crippen molar-refractivity contribution >= 4 is 10.1 Å². The summed E-state index contributed by atoms with van der Waals surface area (Å²) in [6.07, 6.45) is 5.17. The number of ether oxygens (including phenoxy) is 2. The second-order valence-electron chi connectivity index (χ2n) is 3.81. The molecule has 0 aromatic heterocycles. The third-order valence-electron chi connectivity index (χ3n) is 1.95. The quantitative estimate of drug-likeness (QED) is 0.397. The third-order valence-corrected chi connectivity index (χ3v) is 2.55. The van der Waals surface area contributed by atoms with Crippen molar-refractivity contribution in [2.75, 3.05) is 39.3 Å². The topological polar surface area (TPSA) is 61.8 Å². The fourth-order valence-corrected chi connectivity index (χ4v) is 1.55. The Bertz CT molecular complexity index is 251. The summed E-state index contributed by atoms with van der Waals surface area (Å²) in [7, 11) is -3.33. The molecule has 0 rings (SSSR count). The smallest absolute Gasteiger partial charge is 0.264 e. The average Bonchev–Trinajstić information content (AvgIpc) is 2.24. The van der Waals surface area contributed by atoms with E-state index in [2.05, 4.69) is 11.1 Å². The van der Waals surface area contributed by atoms with Crippen LogP contribution in [-0.2, 0) is 23.8 Å². The van der Waals surface area contributed by atoms with Crippen LogP contribution >= 0.6 is 0 Å². The molecule has 0 amide bonds. The van der Waals surface area contributed by atoms with Crippen LogP contribution in [0.15, 0.2) is 0 Å². The van der Waals surface area contributed by atoms with E-state index in [1.807, 2.05) is 0 Å². The van der Waals surface area contributed by atoms with Crippen molar-refractivity contribution < 1.29 is 22.1 Å². The Labute approximate surface area is 105 Å². The molecule has 0 N–H and O–H groups in total. The van der Waals surface area contributed by atoms with Crippen molar-refractivity contribution in [3.8, 4) is 0 Å². The van der Waals surface area contributed by atoms with E-state index in [1.54, 1.807) is 0 Å². The maximum absolute atomic E-state index is 10.6. The molecule has 0 heterocycles. The molecule has 17 heavy (non-hydrogen) atoms. The molecule has 0 aromatic carbocycles. The highest BCUT2D eigenvalue weighted by molar-refractivity contribution is 7.85. The summed E-state index contributed by atoms with van der Waals surface area (Å²) in [5.41, 5.74) is 0. The van der Waals surface area contributed by atoms with E-state index in [9.17, 15) is 8.42 Å². The minimum Gasteiger partial charge on any atom is -0.381 e. The zero-order valence-electron chi connectivity index (χ0n) is 10.8. The number of rotatable bonds is 12. The van der Waals surface area contributed by atoms with E-state index < -0.39 is 10.1 Å². The van der Waals surface area contributed by atoms with Crippen molar-refractivity contribution in [2.24, 2.45) is 0 Å². The molecule has 0 fully saturated rings. The molecule has 5 nitrogen and oxygen atoms in total. The lowest BCUT2D eigenvalue weighted by atomic mass is 10.2. The highest BCUT2D eigenvalue weighted by atomic mass is 32.2. The van der Waals surface area contributed by atoms with Gasteiger partial charge in [-0.2, -0.15) is 8.42 Å². The van der Waals surface area contributed by atoms with E-state index in [1.165, 1.54) is 0 Å². The molecule has 0 aromatic rings. The van der Waals surface area contributed by atoms with Gasteiger partial charge in [0.1, 0.15) is 0 Å². The maximum atomic E-state index is 10.6. The SMILES string of the molecule is CCCOCCCCCOCCOS(C)(=O)=O. The van der Waals surface area contributed by atoms with Crippen LogP contribution in [0.5, 0.6) is 0 Å². The van der Waals surface area contributed by atoms with Crippen LogP contribution in [0.25, 0.3) is 0 Å². The minimum absolute atomic E-state index is 0.0957. The first-order valence-corrected chi connectivity index (χ1v) is 7.88. The predicted molar refractivity (Wildman–Crippen MR) is 66.6 cm³/mol. The van der Waals surface area contributed by atoms with E-state index in [4.69, 9.17) is 9.47 Å². The summed E-state index contributed by atoms with van der Waals surface area (Å²) >= 11 is 0. The summed E-state index contributed by atoms with van der Waals surface area (Å²) < 4.78 is 36.3. The van der Waals surface area contributed by atoms with E-state index >= 15 is 0 Å². The molecule has 0 bridgehead atoms. The van der Waals surface area contributed by atoms with Crippen LogP contribution in [0.4, 0.5) is 0 Å².